The fourth-order valence-electron chi connectivity index (χ4n) is 8.09. The first-order valence-corrected chi connectivity index (χ1v) is 18.2. The quantitative estimate of drug-likeness (QED) is 0.137. The van der Waals surface area contributed by atoms with E-state index in [4.69, 9.17) is 9.47 Å². The van der Waals surface area contributed by atoms with Crippen molar-refractivity contribution in [3.05, 3.63) is 77.1 Å². The number of hydrogen-bond acceptors (Lipinski definition) is 12. The van der Waals surface area contributed by atoms with Crippen molar-refractivity contribution < 1.29 is 55.1 Å². The number of aryl methyl sites for hydroxylation is 1. The summed E-state index contributed by atoms with van der Waals surface area (Å²) in [6, 6.07) is 13.5. The number of piperidine rings is 1. The van der Waals surface area contributed by atoms with Gasteiger partial charge in [0.2, 0.25) is 5.91 Å². The SMILES string of the molecule is O=C(CCn1cccn1)N1CCC2(CC1)c1cc(C#C[C@H]3O[C@H](CO)[C@@H](O)[C@H](O)[C@@H]3O)ccc1-c1ccc(C#C[C@H]3O[C@H](CCO)[C@@H](O)[C@H](O)[C@@H]3O)cc12. The van der Waals surface area contributed by atoms with Gasteiger partial charge < -0.3 is 55.2 Å². The lowest BCUT2D eigenvalue weighted by Gasteiger charge is -2.41. The van der Waals surface area contributed by atoms with Gasteiger partial charge in [-0.1, -0.05) is 35.8 Å². The fraction of sp³-hybridized carbons (Fsp3) is 0.500. The van der Waals surface area contributed by atoms with Crippen LogP contribution in [0.5, 0.6) is 0 Å². The standard InChI is InChI=1S/C40H45N3O11/c44-19-11-31-36(49)38(51)34(47)29(53-31)8-4-23-2-6-25-26-7-3-24(5-9-30-35(48)39(52)37(50)32(22-45)54-30)21-28(26)40(27(25)20-23)12-17-42(18-13-40)33(46)10-16-43-15-1-14-41-43/h1-3,6-7,14-15,20-21,29-32,34-39,44-45,47-52H,10-13,16-19,22H2/t29-,30-,31-,32-,34-,35-,36-,37-,38-,39-/m1/s1. The molecule has 1 spiro atoms. The summed E-state index contributed by atoms with van der Waals surface area (Å²) in [5.41, 5.74) is 4.77. The van der Waals surface area contributed by atoms with Crippen LogP contribution in [-0.2, 0) is 26.2 Å². The number of hydrogen-bond donors (Lipinski definition) is 8. The zero-order valence-electron chi connectivity index (χ0n) is 29.5. The monoisotopic (exact) mass is 743 g/mol. The Morgan fingerprint density at radius 3 is 1.85 bits per heavy atom. The molecule has 3 fully saturated rings. The lowest BCUT2D eigenvalue weighted by atomic mass is 9.70. The maximum absolute atomic E-state index is 13.3. The highest BCUT2D eigenvalue weighted by Gasteiger charge is 2.47. The normalized spacial score (nSPS) is 31.1. The van der Waals surface area contributed by atoms with Crippen molar-refractivity contribution in [1.29, 1.82) is 0 Å². The number of carbonyl (C=O) groups excluding carboxylic acids is 1. The van der Waals surface area contributed by atoms with Gasteiger partial charge in [-0.3, -0.25) is 9.48 Å². The lowest BCUT2D eigenvalue weighted by Crippen LogP contribution is -2.58. The van der Waals surface area contributed by atoms with Gasteiger partial charge in [0, 0.05) is 61.6 Å². The number of ether oxygens (including phenoxy) is 2. The number of fused-ring (bicyclic) bond motifs is 5. The van der Waals surface area contributed by atoms with Crippen LogP contribution in [0.2, 0.25) is 0 Å². The topological polar surface area (TPSA) is 218 Å². The zero-order valence-corrected chi connectivity index (χ0v) is 29.5. The third-order valence-electron chi connectivity index (χ3n) is 11.2. The summed E-state index contributed by atoms with van der Waals surface area (Å²) >= 11 is 0. The first-order valence-electron chi connectivity index (χ1n) is 18.2. The molecule has 2 aromatic carbocycles. The third-order valence-corrected chi connectivity index (χ3v) is 11.2. The van der Waals surface area contributed by atoms with Gasteiger partial charge in [-0.15, -0.1) is 0 Å². The van der Waals surface area contributed by atoms with Crippen LogP contribution in [0.15, 0.2) is 54.9 Å². The van der Waals surface area contributed by atoms with Crippen molar-refractivity contribution >= 4 is 5.91 Å². The van der Waals surface area contributed by atoms with Gasteiger partial charge in [0.05, 0.1) is 12.7 Å². The Labute approximate surface area is 312 Å². The summed E-state index contributed by atoms with van der Waals surface area (Å²) in [5.74, 6) is 12.0. The number of amides is 1. The predicted octanol–water partition coefficient (Wildman–Crippen LogP) is -1.36. The number of likely N-dealkylation sites (tertiary alicyclic amines) is 1. The van der Waals surface area contributed by atoms with Crippen LogP contribution in [0.25, 0.3) is 11.1 Å². The van der Waals surface area contributed by atoms with Gasteiger partial charge in [0.15, 0.2) is 0 Å². The van der Waals surface area contributed by atoms with Crippen LogP contribution in [0.4, 0.5) is 0 Å². The molecule has 0 radical (unpaired) electrons. The summed E-state index contributed by atoms with van der Waals surface area (Å²) < 4.78 is 13.1. The van der Waals surface area contributed by atoms with E-state index in [0.29, 0.717) is 50.0 Å². The average molecular weight is 744 g/mol. The first kappa shape index (κ1) is 38.1. The second-order valence-electron chi connectivity index (χ2n) is 14.4. The largest absolute Gasteiger partial charge is 0.396 e. The van der Waals surface area contributed by atoms with Crippen molar-refractivity contribution in [3.8, 4) is 34.8 Å². The third kappa shape index (κ3) is 7.19. The van der Waals surface area contributed by atoms with E-state index in [1.54, 1.807) is 10.9 Å². The van der Waals surface area contributed by atoms with Gasteiger partial charge in [0.1, 0.15) is 54.9 Å². The zero-order chi connectivity index (χ0) is 38.1. The highest BCUT2D eigenvalue weighted by molar-refractivity contribution is 5.83. The molecule has 3 saturated heterocycles. The Hall–Kier alpha value is -4.16. The van der Waals surface area contributed by atoms with Gasteiger partial charge in [-0.2, -0.15) is 5.10 Å². The summed E-state index contributed by atoms with van der Waals surface area (Å²) in [4.78, 5) is 15.2. The van der Waals surface area contributed by atoms with Crippen molar-refractivity contribution in [3.63, 3.8) is 0 Å². The Kier molecular flexibility index (Phi) is 11.2. The Morgan fingerprint density at radius 1 is 0.778 bits per heavy atom. The van der Waals surface area contributed by atoms with E-state index < -0.39 is 73.1 Å². The summed E-state index contributed by atoms with van der Waals surface area (Å²) in [5, 5.41) is 85.5. The predicted molar refractivity (Wildman–Crippen MR) is 191 cm³/mol. The summed E-state index contributed by atoms with van der Waals surface area (Å²) in [6.45, 7) is 0.659. The molecule has 7 rings (SSSR count). The molecule has 10 atom stereocenters. The summed E-state index contributed by atoms with van der Waals surface area (Å²) in [7, 11) is 0. The van der Waals surface area contributed by atoms with Crippen LogP contribution < -0.4 is 0 Å². The second kappa shape index (κ2) is 15.9. The van der Waals surface area contributed by atoms with Gasteiger partial charge in [0.25, 0.3) is 0 Å². The van der Waals surface area contributed by atoms with Crippen molar-refractivity contribution in [2.24, 2.45) is 0 Å². The number of aliphatic hydroxyl groups excluding tert-OH is 8. The Morgan fingerprint density at radius 2 is 1.33 bits per heavy atom. The minimum atomic E-state index is -1.54. The smallest absolute Gasteiger partial charge is 0.224 e. The molecule has 4 heterocycles. The Bertz CT molecular complexity index is 1940. The molecule has 14 heteroatoms. The van der Waals surface area contributed by atoms with Crippen LogP contribution in [0.1, 0.15) is 47.9 Å². The molecule has 14 nitrogen and oxygen atoms in total. The number of nitrogens with zero attached hydrogens (tertiary/aromatic N) is 3. The van der Waals surface area contributed by atoms with E-state index in [9.17, 15) is 45.6 Å². The maximum atomic E-state index is 13.3. The van der Waals surface area contributed by atoms with Crippen molar-refractivity contribution in [2.45, 2.75) is 98.7 Å². The molecule has 1 amide bonds. The minimum Gasteiger partial charge on any atom is -0.396 e. The molecular weight excluding hydrogens is 698 g/mol. The maximum Gasteiger partial charge on any atom is 0.224 e. The highest BCUT2D eigenvalue weighted by atomic mass is 16.5. The lowest BCUT2D eigenvalue weighted by molar-refractivity contribution is -0.214. The number of aromatic nitrogens is 2. The molecule has 0 bridgehead atoms. The molecule has 1 aliphatic carbocycles. The number of carbonyl (C=O) groups is 1. The molecule has 3 aliphatic heterocycles. The van der Waals surface area contributed by atoms with Crippen LogP contribution in [0.3, 0.4) is 0 Å². The van der Waals surface area contributed by atoms with Crippen molar-refractivity contribution in [2.75, 3.05) is 26.3 Å². The Balaban J connectivity index is 1.19. The fourth-order valence-corrected chi connectivity index (χ4v) is 8.09. The molecule has 54 heavy (non-hydrogen) atoms. The minimum absolute atomic E-state index is 0.0374. The van der Waals surface area contributed by atoms with Gasteiger partial charge >= 0.3 is 0 Å². The van der Waals surface area contributed by atoms with E-state index in [0.717, 1.165) is 22.3 Å². The first-order chi connectivity index (χ1) is 26.0. The molecule has 1 aromatic heterocycles. The van der Waals surface area contributed by atoms with Gasteiger partial charge in [-0.25, -0.2) is 0 Å². The number of aliphatic hydroxyl groups is 8. The molecule has 8 N–H and O–H groups in total. The van der Waals surface area contributed by atoms with E-state index >= 15 is 0 Å². The molecule has 4 aliphatic rings. The van der Waals surface area contributed by atoms with Gasteiger partial charge in [-0.05, 0) is 71.8 Å². The molecular formula is C40H45N3O11. The molecule has 0 unspecified atom stereocenters. The van der Waals surface area contributed by atoms with E-state index in [-0.39, 0.29) is 18.9 Å². The number of benzene rings is 2. The average Bonchev–Trinajstić information content (AvgIpc) is 3.80. The summed E-state index contributed by atoms with van der Waals surface area (Å²) in [6.07, 6.45) is -7.91. The van der Waals surface area contributed by atoms with Crippen LogP contribution in [0, 0.1) is 23.7 Å². The molecule has 0 saturated carbocycles. The molecule has 3 aromatic rings. The van der Waals surface area contributed by atoms with E-state index in [2.05, 4.69) is 28.8 Å². The van der Waals surface area contributed by atoms with Crippen LogP contribution in [-0.4, -0.2) is 149 Å². The van der Waals surface area contributed by atoms with E-state index in [1.165, 1.54) is 0 Å². The highest BCUT2D eigenvalue weighted by Crippen LogP contribution is 2.54. The van der Waals surface area contributed by atoms with Crippen molar-refractivity contribution in [1.82, 2.24) is 14.7 Å². The van der Waals surface area contributed by atoms with E-state index in [1.807, 2.05) is 53.6 Å². The molecule has 286 valence electrons. The van der Waals surface area contributed by atoms with Crippen LogP contribution >= 0.6 is 0 Å². The second-order valence-corrected chi connectivity index (χ2v) is 14.4. The number of rotatable bonds is 6.